The third-order valence-corrected chi connectivity index (χ3v) is 5.33. The third-order valence-electron chi connectivity index (χ3n) is 4.18. The standard InChI is InChI=1S/C21H21NOS/c1-4-9-16-14-17(5-2)24-21(20(16)23)19-13-12-15-10-7-8-11-18(15)22(19)6-3/h4-5,7-14,16H,2,6H2,1,3H3/b9-4-,21-19-. The maximum Gasteiger partial charge on any atom is 0.182 e. The number of hydrogen-bond donors (Lipinski definition) is 0. The summed E-state index contributed by atoms with van der Waals surface area (Å²) in [5.41, 5.74) is 3.31. The van der Waals surface area contributed by atoms with Crippen LogP contribution >= 0.6 is 11.8 Å². The quantitative estimate of drug-likeness (QED) is 0.550. The monoisotopic (exact) mass is 335 g/mol. The molecule has 0 spiro atoms. The lowest BCUT2D eigenvalue weighted by molar-refractivity contribution is -0.116. The van der Waals surface area contributed by atoms with E-state index < -0.39 is 0 Å². The van der Waals surface area contributed by atoms with E-state index in [0.29, 0.717) is 0 Å². The van der Waals surface area contributed by atoms with Crippen LogP contribution in [0.1, 0.15) is 19.4 Å². The number of fused-ring (bicyclic) bond motifs is 1. The minimum Gasteiger partial charge on any atom is -0.340 e. The second kappa shape index (κ2) is 7.10. The second-order valence-electron chi connectivity index (χ2n) is 5.64. The molecular formula is C21H21NOS. The molecule has 0 fully saturated rings. The number of benzene rings is 1. The molecule has 0 amide bonds. The number of Topliss-reactive ketones (excluding diaryl/α,β-unsaturated/α-hetero) is 1. The van der Waals surface area contributed by atoms with Gasteiger partial charge in [-0.2, -0.15) is 0 Å². The van der Waals surface area contributed by atoms with E-state index in [-0.39, 0.29) is 11.7 Å². The Hall–Kier alpha value is -2.26. The summed E-state index contributed by atoms with van der Waals surface area (Å²) in [5.74, 6) is -0.0581. The van der Waals surface area contributed by atoms with Gasteiger partial charge in [-0.15, -0.1) is 0 Å². The first-order valence-corrected chi connectivity index (χ1v) is 8.99. The SMILES string of the molecule is C=CC1=CC(/C=C\C)C(=O)/C(=C2\C=Cc3ccccc3N2CC)S1. The van der Waals surface area contributed by atoms with E-state index in [9.17, 15) is 4.79 Å². The Morgan fingerprint density at radius 1 is 1.29 bits per heavy atom. The number of hydrogen-bond acceptors (Lipinski definition) is 3. The Kier molecular flexibility index (Phi) is 4.91. The molecule has 2 aliphatic heterocycles. The predicted octanol–water partition coefficient (Wildman–Crippen LogP) is 5.33. The lowest BCUT2D eigenvalue weighted by Crippen LogP contribution is -2.28. The van der Waals surface area contributed by atoms with E-state index >= 15 is 0 Å². The number of anilines is 1. The molecule has 0 N–H and O–H groups in total. The maximum atomic E-state index is 13.0. The second-order valence-corrected chi connectivity index (χ2v) is 6.73. The highest BCUT2D eigenvalue weighted by atomic mass is 32.2. The predicted molar refractivity (Wildman–Crippen MR) is 105 cm³/mol. The highest BCUT2D eigenvalue weighted by Crippen LogP contribution is 2.41. The van der Waals surface area contributed by atoms with Crippen molar-refractivity contribution in [2.75, 3.05) is 11.4 Å². The first-order chi connectivity index (χ1) is 11.7. The Bertz CT molecular complexity index is 798. The van der Waals surface area contributed by atoms with Crippen molar-refractivity contribution in [2.24, 2.45) is 5.92 Å². The number of carbonyl (C=O) groups is 1. The minimum atomic E-state index is -0.212. The molecule has 0 saturated carbocycles. The van der Waals surface area contributed by atoms with Gasteiger partial charge in [-0.3, -0.25) is 4.79 Å². The molecule has 0 aliphatic carbocycles. The van der Waals surface area contributed by atoms with Gasteiger partial charge < -0.3 is 4.90 Å². The molecule has 1 atom stereocenters. The van der Waals surface area contributed by atoms with Crippen LogP contribution < -0.4 is 4.90 Å². The number of carbonyl (C=O) groups excluding carboxylic acids is 1. The van der Waals surface area contributed by atoms with Gasteiger partial charge in [0.1, 0.15) is 0 Å². The fourth-order valence-corrected chi connectivity index (χ4v) is 4.10. The van der Waals surface area contributed by atoms with Crippen molar-refractivity contribution in [3.63, 3.8) is 0 Å². The van der Waals surface area contributed by atoms with Crippen molar-refractivity contribution in [3.8, 4) is 0 Å². The van der Waals surface area contributed by atoms with Crippen LogP contribution in [0.4, 0.5) is 5.69 Å². The van der Waals surface area contributed by atoms with Gasteiger partial charge in [-0.25, -0.2) is 0 Å². The van der Waals surface area contributed by atoms with Crippen LogP contribution in [0.15, 0.2) is 76.7 Å². The molecule has 0 radical (unpaired) electrons. The van der Waals surface area contributed by atoms with Crippen LogP contribution in [0.5, 0.6) is 0 Å². The summed E-state index contributed by atoms with van der Waals surface area (Å²) in [4.78, 5) is 17.0. The number of rotatable bonds is 3. The first kappa shape index (κ1) is 16.6. The van der Waals surface area contributed by atoms with Crippen molar-refractivity contribution < 1.29 is 4.79 Å². The molecule has 2 nitrogen and oxygen atoms in total. The summed E-state index contributed by atoms with van der Waals surface area (Å²) in [6.07, 6.45) is 11.8. The van der Waals surface area contributed by atoms with E-state index in [4.69, 9.17) is 0 Å². The van der Waals surface area contributed by atoms with Gasteiger partial charge in [-0.05, 0) is 31.6 Å². The molecule has 24 heavy (non-hydrogen) atoms. The number of thioether (sulfide) groups is 1. The van der Waals surface area contributed by atoms with Gasteiger partial charge in [0, 0.05) is 17.1 Å². The molecule has 2 aliphatic rings. The summed E-state index contributed by atoms with van der Waals surface area (Å²) < 4.78 is 0. The number of likely N-dealkylation sites (N-methyl/N-ethyl adjacent to an activating group) is 1. The van der Waals surface area contributed by atoms with Gasteiger partial charge in [0.2, 0.25) is 0 Å². The van der Waals surface area contributed by atoms with E-state index in [1.807, 2.05) is 43.4 Å². The van der Waals surface area contributed by atoms with Crippen LogP contribution in [-0.2, 0) is 4.79 Å². The number of para-hydroxylation sites is 1. The van der Waals surface area contributed by atoms with Crippen molar-refractivity contribution in [2.45, 2.75) is 13.8 Å². The maximum absolute atomic E-state index is 13.0. The van der Waals surface area contributed by atoms with Gasteiger partial charge in [-0.1, -0.05) is 66.9 Å². The van der Waals surface area contributed by atoms with Gasteiger partial charge in [0.15, 0.2) is 5.78 Å². The molecule has 3 rings (SSSR count). The number of nitrogens with zero attached hydrogens (tertiary/aromatic N) is 1. The molecular weight excluding hydrogens is 314 g/mol. The molecule has 0 bridgehead atoms. The average molecular weight is 335 g/mol. The van der Waals surface area contributed by atoms with E-state index in [1.54, 1.807) is 0 Å². The highest BCUT2D eigenvalue weighted by molar-refractivity contribution is 8.07. The zero-order chi connectivity index (χ0) is 17.1. The Morgan fingerprint density at radius 2 is 2.08 bits per heavy atom. The molecule has 1 unspecified atom stereocenters. The molecule has 2 heterocycles. The molecule has 0 saturated heterocycles. The lowest BCUT2D eigenvalue weighted by atomic mass is 9.98. The lowest BCUT2D eigenvalue weighted by Gasteiger charge is -2.32. The van der Waals surface area contributed by atoms with E-state index in [2.05, 4.69) is 42.7 Å². The highest BCUT2D eigenvalue weighted by Gasteiger charge is 2.30. The number of allylic oxidation sites excluding steroid dienone is 6. The van der Waals surface area contributed by atoms with Gasteiger partial charge in [0.25, 0.3) is 0 Å². The summed E-state index contributed by atoms with van der Waals surface area (Å²) in [7, 11) is 0. The fourth-order valence-electron chi connectivity index (χ4n) is 3.05. The third kappa shape index (κ3) is 2.92. The largest absolute Gasteiger partial charge is 0.340 e. The van der Waals surface area contributed by atoms with Crippen LogP contribution in [0.3, 0.4) is 0 Å². The Morgan fingerprint density at radius 3 is 2.79 bits per heavy atom. The summed E-state index contributed by atoms with van der Waals surface area (Å²) in [6, 6.07) is 8.28. The van der Waals surface area contributed by atoms with Crippen molar-refractivity contribution in [1.82, 2.24) is 0 Å². The fraction of sp³-hybridized carbons (Fsp3) is 0.190. The molecule has 122 valence electrons. The number of ketones is 1. The van der Waals surface area contributed by atoms with Crippen LogP contribution in [0.25, 0.3) is 6.08 Å². The van der Waals surface area contributed by atoms with Crippen molar-refractivity contribution >= 4 is 29.3 Å². The molecule has 1 aromatic rings. The average Bonchev–Trinajstić information content (AvgIpc) is 2.62. The normalized spacial score (nSPS) is 23.4. The van der Waals surface area contributed by atoms with E-state index in [0.717, 1.165) is 27.7 Å². The molecule has 1 aromatic carbocycles. The summed E-state index contributed by atoms with van der Waals surface area (Å²) in [6.45, 7) is 8.75. The molecule has 3 heteroatoms. The smallest absolute Gasteiger partial charge is 0.182 e. The topological polar surface area (TPSA) is 20.3 Å². The van der Waals surface area contributed by atoms with Crippen molar-refractivity contribution in [1.29, 1.82) is 0 Å². The zero-order valence-corrected chi connectivity index (χ0v) is 14.8. The first-order valence-electron chi connectivity index (χ1n) is 8.17. The van der Waals surface area contributed by atoms with Crippen LogP contribution in [-0.4, -0.2) is 12.3 Å². The van der Waals surface area contributed by atoms with Gasteiger partial charge in [0.05, 0.1) is 16.5 Å². The summed E-state index contributed by atoms with van der Waals surface area (Å²) in [5, 5.41) is 0. The van der Waals surface area contributed by atoms with Gasteiger partial charge >= 0.3 is 0 Å². The summed E-state index contributed by atoms with van der Waals surface area (Å²) >= 11 is 1.52. The van der Waals surface area contributed by atoms with Crippen LogP contribution in [0.2, 0.25) is 0 Å². The van der Waals surface area contributed by atoms with Crippen LogP contribution in [0, 0.1) is 5.92 Å². The molecule has 0 aromatic heterocycles. The Labute approximate surface area is 147 Å². The minimum absolute atomic E-state index is 0.154. The van der Waals surface area contributed by atoms with E-state index in [1.165, 1.54) is 17.3 Å². The van der Waals surface area contributed by atoms with Crippen molar-refractivity contribution in [3.05, 3.63) is 82.3 Å². The Balaban J connectivity index is 2.13. The zero-order valence-electron chi connectivity index (χ0n) is 14.0.